The summed E-state index contributed by atoms with van der Waals surface area (Å²) >= 11 is 0. The van der Waals surface area contributed by atoms with Crippen LogP contribution >= 0.6 is 0 Å². The molecular formula is C21H29N3O5S. The van der Waals surface area contributed by atoms with Crippen LogP contribution < -0.4 is 14.4 Å². The summed E-state index contributed by atoms with van der Waals surface area (Å²) < 4.78 is 39.1. The van der Waals surface area contributed by atoms with E-state index < -0.39 is 15.4 Å². The molecule has 0 atom stereocenters. The minimum Gasteiger partial charge on any atom is -0.490 e. The molecule has 0 saturated heterocycles. The summed E-state index contributed by atoms with van der Waals surface area (Å²) in [5.41, 5.74) is 0.584. The summed E-state index contributed by atoms with van der Waals surface area (Å²) in [6.45, 7) is 11.8. The van der Waals surface area contributed by atoms with Gasteiger partial charge in [-0.2, -0.15) is 0 Å². The third-order valence-electron chi connectivity index (χ3n) is 5.08. The van der Waals surface area contributed by atoms with Crippen LogP contribution in [0.4, 0.5) is 11.4 Å². The Morgan fingerprint density at radius 2 is 1.97 bits per heavy atom. The fraction of sp³-hybridized carbons (Fsp3) is 0.524. The third kappa shape index (κ3) is 4.30. The van der Waals surface area contributed by atoms with E-state index in [-0.39, 0.29) is 23.2 Å². The Labute approximate surface area is 177 Å². The Hall–Kier alpha value is -2.55. The highest BCUT2D eigenvalue weighted by Crippen LogP contribution is 2.39. The summed E-state index contributed by atoms with van der Waals surface area (Å²) in [5, 5.41) is 3.71. The number of aryl methyl sites for hydroxylation is 2. The van der Waals surface area contributed by atoms with Crippen LogP contribution in [0.3, 0.4) is 0 Å². The van der Waals surface area contributed by atoms with Gasteiger partial charge in [0, 0.05) is 12.6 Å². The van der Waals surface area contributed by atoms with Crippen LogP contribution in [-0.4, -0.2) is 32.6 Å². The van der Waals surface area contributed by atoms with Crippen LogP contribution in [0.5, 0.6) is 5.75 Å². The van der Waals surface area contributed by atoms with Gasteiger partial charge in [0.2, 0.25) is 5.91 Å². The number of nitrogens with zero attached hydrogens (tertiary/aromatic N) is 2. The van der Waals surface area contributed by atoms with E-state index in [9.17, 15) is 13.2 Å². The maximum absolute atomic E-state index is 13.1. The Morgan fingerprint density at radius 3 is 2.57 bits per heavy atom. The fourth-order valence-electron chi connectivity index (χ4n) is 3.38. The molecule has 1 aliphatic heterocycles. The molecule has 1 aliphatic rings. The van der Waals surface area contributed by atoms with Gasteiger partial charge < -0.3 is 14.2 Å². The van der Waals surface area contributed by atoms with Gasteiger partial charge in [-0.1, -0.05) is 19.0 Å². The number of sulfonamides is 1. The van der Waals surface area contributed by atoms with Gasteiger partial charge in [0.1, 0.15) is 18.1 Å². The number of amides is 1. The van der Waals surface area contributed by atoms with Crippen LogP contribution in [0.2, 0.25) is 0 Å². The molecule has 1 aromatic carbocycles. The number of benzene rings is 1. The normalized spacial score (nSPS) is 16.2. The molecule has 1 N–H and O–H groups in total. The first-order chi connectivity index (χ1) is 13.9. The summed E-state index contributed by atoms with van der Waals surface area (Å²) in [6, 6.07) is 4.97. The van der Waals surface area contributed by atoms with Gasteiger partial charge in [-0.05, 0) is 52.2 Å². The molecule has 30 heavy (non-hydrogen) atoms. The molecule has 9 heteroatoms. The zero-order valence-corrected chi connectivity index (χ0v) is 19.1. The molecule has 2 aromatic rings. The third-order valence-corrected chi connectivity index (χ3v) is 6.71. The summed E-state index contributed by atoms with van der Waals surface area (Å²) in [4.78, 5) is 14.9. The quantitative estimate of drug-likeness (QED) is 0.739. The molecule has 3 rings (SSSR count). The van der Waals surface area contributed by atoms with Crippen molar-refractivity contribution in [2.45, 2.75) is 52.9 Å². The van der Waals surface area contributed by atoms with Crippen molar-refractivity contribution in [2.75, 3.05) is 22.8 Å². The van der Waals surface area contributed by atoms with Gasteiger partial charge >= 0.3 is 0 Å². The van der Waals surface area contributed by atoms with Crippen LogP contribution in [-0.2, 0) is 14.8 Å². The van der Waals surface area contributed by atoms with Gasteiger partial charge in [-0.15, -0.1) is 0 Å². The summed E-state index contributed by atoms with van der Waals surface area (Å²) in [6.07, 6.45) is 0.849. The Kier molecular flexibility index (Phi) is 5.86. The van der Waals surface area contributed by atoms with E-state index >= 15 is 0 Å². The number of anilines is 2. The molecule has 0 bridgehead atoms. The molecule has 8 nitrogen and oxygen atoms in total. The second kappa shape index (κ2) is 7.94. The summed E-state index contributed by atoms with van der Waals surface area (Å²) in [5.74, 6) is 1.12. The average Bonchev–Trinajstić information content (AvgIpc) is 2.95. The molecule has 2 heterocycles. The zero-order chi connectivity index (χ0) is 22.3. The number of fused-ring (bicyclic) bond motifs is 1. The van der Waals surface area contributed by atoms with Gasteiger partial charge in [0.15, 0.2) is 10.7 Å². The molecule has 0 saturated carbocycles. The predicted octanol–water partition coefficient (Wildman–Crippen LogP) is 3.89. The molecule has 0 radical (unpaired) electrons. The topological polar surface area (TPSA) is 102 Å². The number of hydrogen-bond acceptors (Lipinski definition) is 6. The van der Waals surface area contributed by atoms with Gasteiger partial charge in [0.05, 0.1) is 16.8 Å². The van der Waals surface area contributed by atoms with Crippen molar-refractivity contribution in [3.05, 3.63) is 29.7 Å². The standard InChI is InChI=1S/C21H29N3O5S/c1-13(2)9-10-24-17-8-7-16(11-18(17)28-12-21(5,6)20(24)25)23-30(26,27)19-14(3)22-29-15(19)4/h7-8,11,13,23H,9-10,12H2,1-6H3. The number of ether oxygens (including phenoxy) is 1. The number of carbonyl (C=O) groups excluding carboxylic acids is 1. The van der Waals surface area contributed by atoms with Gasteiger partial charge in [-0.25, -0.2) is 8.42 Å². The van der Waals surface area contributed by atoms with Crippen molar-refractivity contribution in [3.8, 4) is 5.75 Å². The molecular weight excluding hydrogens is 406 g/mol. The van der Waals surface area contributed by atoms with Crippen LogP contribution in [0.15, 0.2) is 27.6 Å². The van der Waals surface area contributed by atoms with Crippen molar-refractivity contribution in [3.63, 3.8) is 0 Å². The first-order valence-corrected chi connectivity index (χ1v) is 11.4. The second-order valence-electron chi connectivity index (χ2n) is 8.75. The lowest BCUT2D eigenvalue weighted by atomic mass is 9.92. The monoisotopic (exact) mass is 435 g/mol. The first-order valence-electron chi connectivity index (χ1n) is 9.97. The maximum Gasteiger partial charge on any atom is 0.267 e. The van der Waals surface area contributed by atoms with Crippen LogP contribution in [0.1, 0.15) is 45.6 Å². The van der Waals surface area contributed by atoms with Crippen molar-refractivity contribution < 1.29 is 22.5 Å². The zero-order valence-electron chi connectivity index (χ0n) is 18.3. The molecule has 0 unspecified atom stereocenters. The van der Waals surface area contributed by atoms with E-state index in [0.717, 1.165) is 6.42 Å². The summed E-state index contributed by atoms with van der Waals surface area (Å²) in [7, 11) is -3.88. The SMILES string of the molecule is Cc1noc(C)c1S(=O)(=O)Nc1ccc2c(c1)OCC(C)(C)C(=O)N2CCC(C)C. The maximum atomic E-state index is 13.1. The number of rotatable bonds is 6. The van der Waals surface area contributed by atoms with E-state index in [1.807, 2.05) is 13.8 Å². The number of carbonyl (C=O) groups is 1. The lowest BCUT2D eigenvalue weighted by molar-refractivity contribution is -0.127. The number of hydrogen-bond donors (Lipinski definition) is 1. The lowest BCUT2D eigenvalue weighted by Gasteiger charge is -2.28. The van der Waals surface area contributed by atoms with Crippen LogP contribution in [0, 0.1) is 25.2 Å². The van der Waals surface area contributed by atoms with E-state index in [1.165, 1.54) is 0 Å². The van der Waals surface area contributed by atoms with Gasteiger partial charge in [-0.3, -0.25) is 9.52 Å². The second-order valence-corrected chi connectivity index (χ2v) is 10.4. The van der Waals surface area contributed by atoms with Crippen molar-refractivity contribution in [1.29, 1.82) is 0 Å². The minimum atomic E-state index is -3.88. The average molecular weight is 436 g/mol. The van der Waals surface area contributed by atoms with E-state index in [4.69, 9.17) is 9.26 Å². The molecule has 0 aliphatic carbocycles. The first kappa shape index (κ1) is 22.1. The fourth-order valence-corrected chi connectivity index (χ4v) is 4.77. The lowest BCUT2D eigenvalue weighted by Crippen LogP contribution is -2.42. The molecule has 1 aromatic heterocycles. The largest absolute Gasteiger partial charge is 0.490 e. The molecule has 164 valence electrons. The Morgan fingerprint density at radius 1 is 1.27 bits per heavy atom. The predicted molar refractivity (Wildman–Crippen MR) is 114 cm³/mol. The van der Waals surface area contributed by atoms with Crippen molar-refractivity contribution in [2.24, 2.45) is 11.3 Å². The van der Waals surface area contributed by atoms with Crippen LogP contribution in [0.25, 0.3) is 0 Å². The highest BCUT2D eigenvalue weighted by Gasteiger charge is 2.38. The van der Waals surface area contributed by atoms with E-state index in [0.29, 0.717) is 35.3 Å². The molecule has 1 amide bonds. The minimum absolute atomic E-state index is 0.00838. The molecule has 0 fully saturated rings. The highest BCUT2D eigenvalue weighted by molar-refractivity contribution is 7.92. The highest BCUT2D eigenvalue weighted by atomic mass is 32.2. The number of nitrogens with one attached hydrogen (secondary N) is 1. The van der Waals surface area contributed by atoms with Crippen molar-refractivity contribution in [1.82, 2.24) is 5.16 Å². The Balaban J connectivity index is 1.96. The number of aromatic nitrogens is 1. The van der Waals surface area contributed by atoms with Crippen molar-refractivity contribution >= 4 is 27.3 Å². The van der Waals surface area contributed by atoms with Gasteiger partial charge in [0.25, 0.3) is 10.0 Å². The van der Waals surface area contributed by atoms with E-state index in [2.05, 4.69) is 23.7 Å². The smallest absolute Gasteiger partial charge is 0.267 e. The van der Waals surface area contributed by atoms with E-state index in [1.54, 1.807) is 36.9 Å². The Bertz CT molecular complexity index is 1040. The molecule has 0 spiro atoms.